The van der Waals surface area contributed by atoms with Gasteiger partial charge in [0.25, 0.3) is 0 Å². The zero-order chi connectivity index (χ0) is 12.9. The van der Waals surface area contributed by atoms with E-state index in [9.17, 15) is 4.79 Å². The number of nitrogens with one attached hydrogen (secondary N) is 1. The van der Waals surface area contributed by atoms with Gasteiger partial charge in [-0.05, 0) is 37.5 Å². The van der Waals surface area contributed by atoms with Crippen molar-refractivity contribution in [3.63, 3.8) is 0 Å². The van der Waals surface area contributed by atoms with Crippen LogP contribution in [0.1, 0.15) is 52.4 Å². The van der Waals surface area contributed by atoms with E-state index in [0.29, 0.717) is 13.0 Å². The second-order valence-corrected chi connectivity index (χ2v) is 6.16. The van der Waals surface area contributed by atoms with Crippen LogP contribution >= 0.6 is 0 Å². The van der Waals surface area contributed by atoms with Crippen molar-refractivity contribution in [3.05, 3.63) is 0 Å². The predicted molar refractivity (Wildman–Crippen MR) is 68.5 cm³/mol. The summed E-state index contributed by atoms with van der Waals surface area (Å²) in [6.07, 6.45) is 5.22. The lowest BCUT2D eigenvalue weighted by Gasteiger charge is -2.37. The zero-order valence-electron chi connectivity index (χ0n) is 11.1. The van der Waals surface area contributed by atoms with E-state index in [0.717, 1.165) is 32.1 Å². The van der Waals surface area contributed by atoms with Crippen LogP contribution in [0.3, 0.4) is 0 Å². The lowest BCUT2D eigenvalue weighted by molar-refractivity contribution is -0.123. The van der Waals surface area contributed by atoms with Crippen molar-refractivity contribution in [3.8, 4) is 0 Å². The number of rotatable bonds is 7. The van der Waals surface area contributed by atoms with Crippen LogP contribution in [0.15, 0.2) is 0 Å². The van der Waals surface area contributed by atoms with Crippen molar-refractivity contribution < 1.29 is 9.90 Å². The van der Waals surface area contributed by atoms with E-state index in [1.165, 1.54) is 0 Å². The normalized spacial score (nSPS) is 18.6. The average molecular weight is 242 g/mol. The first-order chi connectivity index (χ1) is 7.87. The Morgan fingerprint density at radius 1 is 1.47 bits per heavy atom. The van der Waals surface area contributed by atoms with E-state index >= 15 is 0 Å². The Kier molecular flexibility index (Phi) is 4.95. The fourth-order valence-corrected chi connectivity index (χ4v) is 2.17. The summed E-state index contributed by atoms with van der Waals surface area (Å²) in [5, 5.41) is 11.8. The highest BCUT2D eigenvalue weighted by atomic mass is 16.2. The minimum Gasteiger partial charge on any atom is -0.396 e. The minimum atomic E-state index is -0.237. The molecule has 0 aromatic heterocycles. The van der Waals surface area contributed by atoms with Gasteiger partial charge in [-0.15, -0.1) is 0 Å². The largest absolute Gasteiger partial charge is 0.396 e. The number of carbonyl (C=O) groups excluding carboxylic acids is 1. The maximum atomic E-state index is 11.7. The van der Waals surface area contributed by atoms with Crippen molar-refractivity contribution in [1.82, 2.24) is 5.32 Å². The highest BCUT2D eigenvalue weighted by Crippen LogP contribution is 2.32. The molecule has 1 aliphatic carbocycles. The van der Waals surface area contributed by atoms with Crippen LogP contribution < -0.4 is 11.1 Å². The van der Waals surface area contributed by atoms with Crippen molar-refractivity contribution in [2.75, 3.05) is 13.2 Å². The Morgan fingerprint density at radius 3 is 2.59 bits per heavy atom. The summed E-state index contributed by atoms with van der Waals surface area (Å²) in [6.45, 7) is 5.07. The molecule has 1 aliphatic rings. The average Bonchev–Trinajstić information content (AvgIpc) is 2.22. The monoisotopic (exact) mass is 242 g/mol. The molecule has 17 heavy (non-hydrogen) atoms. The molecule has 1 rings (SSSR count). The molecule has 0 saturated heterocycles. The van der Waals surface area contributed by atoms with Crippen LogP contribution in [-0.4, -0.2) is 29.7 Å². The number of amides is 1. The fraction of sp³-hybridized carbons (Fsp3) is 0.923. The second-order valence-electron chi connectivity index (χ2n) is 6.16. The summed E-state index contributed by atoms with van der Waals surface area (Å²) >= 11 is 0. The Balaban J connectivity index is 2.22. The maximum absolute atomic E-state index is 11.7. The fourth-order valence-electron chi connectivity index (χ4n) is 2.17. The van der Waals surface area contributed by atoms with Crippen LogP contribution in [0, 0.1) is 5.41 Å². The van der Waals surface area contributed by atoms with E-state index in [4.69, 9.17) is 10.8 Å². The molecule has 0 radical (unpaired) electrons. The smallest absolute Gasteiger partial charge is 0.221 e. The maximum Gasteiger partial charge on any atom is 0.221 e. The summed E-state index contributed by atoms with van der Waals surface area (Å²) in [5.74, 6) is 0.0595. The first-order valence-corrected chi connectivity index (χ1v) is 6.53. The Morgan fingerprint density at radius 2 is 2.12 bits per heavy atom. The first kappa shape index (κ1) is 14.5. The van der Waals surface area contributed by atoms with Gasteiger partial charge in [-0.2, -0.15) is 0 Å². The predicted octanol–water partition coefficient (Wildman–Crippen LogP) is 1.17. The van der Waals surface area contributed by atoms with E-state index < -0.39 is 0 Å². The molecule has 1 fully saturated rings. The Labute approximate surface area is 104 Å². The van der Waals surface area contributed by atoms with Crippen molar-refractivity contribution in [2.24, 2.45) is 11.1 Å². The molecule has 0 bridgehead atoms. The SMILES string of the molecule is CC(C)(CCCO)CNC(=O)CC1(N)CCC1. The molecule has 0 aromatic rings. The molecule has 0 unspecified atom stereocenters. The van der Waals surface area contributed by atoms with Gasteiger partial charge in [0.1, 0.15) is 0 Å². The highest BCUT2D eigenvalue weighted by molar-refractivity contribution is 5.77. The van der Waals surface area contributed by atoms with E-state index in [1.54, 1.807) is 0 Å². The summed E-state index contributed by atoms with van der Waals surface area (Å²) in [6, 6.07) is 0. The topological polar surface area (TPSA) is 75.3 Å². The van der Waals surface area contributed by atoms with Gasteiger partial charge in [-0.25, -0.2) is 0 Å². The number of nitrogens with two attached hydrogens (primary N) is 1. The third kappa shape index (κ3) is 5.04. The van der Waals surface area contributed by atoms with Gasteiger partial charge in [0.05, 0.1) is 0 Å². The summed E-state index contributed by atoms with van der Waals surface area (Å²) in [7, 11) is 0. The zero-order valence-corrected chi connectivity index (χ0v) is 11.1. The molecule has 0 heterocycles. The number of hydrogen-bond acceptors (Lipinski definition) is 3. The van der Waals surface area contributed by atoms with Crippen LogP contribution in [0.25, 0.3) is 0 Å². The van der Waals surface area contributed by atoms with Gasteiger partial charge in [0.2, 0.25) is 5.91 Å². The van der Waals surface area contributed by atoms with Gasteiger partial charge in [0, 0.05) is 25.1 Å². The lowest BCUT2D eigenvalue weighted by Crippen LogP contribution is -2.50. The molecule has 4 N–H and O–H groups in total. The highest BCUT2D eigenvalue weighted by Gasteiger charge is 2.34. The van der Waals surface area contributed by atoms with Gasteiger partial charge >= 0.3 is 0 Å². The van der Waals surface area contributed by atoms with Gasteiger partial charge in [-0.1, -0.05) is 13.8 Å². The number of aliphatic hydroxyl groups is 1. The summed E-state index contributed by atoms with van der Waals surface area (Å²) in [5.41, 5.74) is 5.83. The standard InChI is InChI=1S/C13H26N2O2/c1-12(2,5-4-8-16)10-15-11(17)9-13(14)6-3-7-13/h16H,3-10,14H2,1-2H3,(H,15,17). The van der Waals surface area contributed by atoms with E-state index in [1.807, 2.05) is 0 Å². The van der Waals surface area contributed by atoms with Crippen LogP contribution in [0.4, 0.5) is 0 Å². The van der Waals surface area contributed by atoms with Crippen molar-refractivity contribution in [2.45, 2.75) is 57.9 Å². The Bertz CT molecular complexity index is 260. The van der Waals surface area contributed by atoms with Crippen LogP contribution in [0.5, 0.6) is 0 Å². The van der Waals surface area contributed by atoms with Gasteiger partial charge in [0.15, 0.2) is 0 Å². The molecule has 100 valence electrons. The minimum absolute atomic E-state index is 0.0414. The molecular formula is C13H26N2O2. The third-order valence-electron chi connectivity index (χ3n) is 3.64. The Hall–Kier alpha value is -0.610. The van der Waals surface area contributed by atoms with E-state index in [-0.39, 0.29) is 23.5 Å². The molecule has 1 amide bonds. The lowest BCUT2D eigenvalue weighted by atomic mass is 9.75. The molecule has 0 aromatic carbocycles. The van der Waals surface area contributed by atoms with Crippen LogP contribution in [-0.2, 0) is 4.79 Å². The quantitative estimate of drug-likeness (QED) is 0.627. The number of carbonyl (C=O) groups is 1. The van der Waals surface area contributed by atoms with Gasteiger partial charge in [-0.3, -0.25) is 4.79 Å². The number of hydrogen-bond donors (Lipinski definition) is 3. The molecular weight excluding hydrogens is 216 g/mol. The molecule has 1 saturated carbocycles. The van der Waals surface area contributed by atoms with Crippen molar-refractivity contribution in [1.29, 1.82) is 0 Å². The molecule has 4 nitrogen and oxygen atoms in total. The summed E-state index contributed by atoms with van der Waals surface area (Å²) in [4.78, 5) is 11.7. The molecule has 4 heteroatoms. The van der Waals surface area contributed by atoms with Crippen LogP contribution in [0.2, 0.25) is 0 Å². The van der Waals surface area contributed by atoms with E-state index in [2.05, 4.69) is 19.2 Å². The van der Waals surface area contributed by atoms with Crippen molar-refractivity contribution >= 4 is 5.91 Å². The number of aliphatic hydroxyl groups excluding tert-OH is 1. The second kappa shape index (κ2) is 5.83. The first-order valence-electron chi connectivity index (χ1n) is 6.53. The molecule has 0 atom stereocenters. The van der Waals surface area contributed by atoms with Gasteiger partial charge < -0.3 is 16.2 Å². The summed E-state index contributed by atoms with van der Waals surface area (Å²) < 4.78 is 0. The third-order valence-corrected chi connectivity index (χ3v) is 3.64. The molecule has 0 aliphatic heterocycles. The molecule has 0 spiro atoms.